The average Bonchev–Trinajstić information content (AvgIpc) is 2.13. The second-order valence-electron chi connectivity index (χ2n) is 2.53. The highest BCUT2D eigenvalue weighted by Crippen LogP contribution is 2.28. The Morgan fingerprint density at radius 1 is 1.53 bits per heavy atom. The maximum atomic E-state index is 10.6. The Labute approximate surface area is 94.7 Å². The van der Waals surface area contributed by atoms with E-state index in [1.807, 2.05) is 0 Å². The molecule has 0 heterocycles. The highest BCUT2D eigenvalue weighted by Gasteiger charge is 2.18. The summed E-state index contributed by atoms with van der Waals surface area (Å²) in [5, 5.41) is 10.6. The van der Waals surface area contributed by atoms with Crippen molar-refractivity contribution in [2.45, 2.75) is 6.61 Å². The Bertz CT molecular complexity index is 408. The van der Waals surface area contributed by atoms with Gasteiger partial charge in [-0.3, -0.25) is 10.1 Å². The van der Waals surface area contributed by atoms with Crippen molar-refractivity contribution in [1.82, 2.24) is 0 Å². The Morgan fingerprint density at radius 3 is 2.73 bits per heavy atom. The Morgan fingerprint density at radius 2 is 2.20 bits per heavy atom. The molecule has 7 heteroatoms. The number of nitrogens with zero attached hydrogens (tertiary/aromatic N) is 1. The lowest BCUT2D eigenvalue weighted by Gasteiger charge is -2.03. The van der Waals surface area contributed by atoms with Crippen LogP contribution in [0.25, 0.3) is 0 Å². The number of ether oxygens (including phenoxy) is 1. The number of nitro groups is 1. The molecule has 0 atom stereocenters. The number of halogens is 2. The van der Waals surface area contributed by atoms with Gasteiger partial charge in [-0.1, -0.05) is 17.7 Å². The number of nitro benzene ring substituents is 1. The fraction of sp³-hybridized carbons (Fsp3) is 0.125. The number of hydrogen-bond donors (Lipinski definition) is 0. The number of rotatable bonds is 3. The molecule has 1 aromatic carbocycles. The van der Waals surface area contributed by atoms with Gasteiger partial charge in [0.2, 0.25) is 0 Å². The summed E-state index contributed by atoms with van der Waals surface area (Å²) >= 11 is 10.6. The van der Waals surface area contributed by atoms with Crippen molar-refractivity contribution in [1.29, 1.82) is 0 Å². The molecular formula is C8H5Cl2NO4. The van der Waals surface area contributed by atoms with E-state index >= 15 is 0 Å². The topological polar surface area (TPSA) is 69.4 Å². The van der Waals surface area contributed by atoms with Gasteiger partial charge in [0.25, 0.3) is 5.69 Å². The van der Waals surface area contributed by atoms with E-state index in [4.69, 9.17) is 23.2 Å². The summed E-state index contributed by atoms with van der Waals surface area (Å²) in [6.07, 6.45) is 0. The molecule has 80 valence electrons. The normalized spacial score (nSPS) is 9.73. The van der Waals surface area contributed by atoms with Gasteiger partial charge in [-0.25, -0.2) is 4.79 Å². The van der Waals surface area contributed by atoms with Gasteiger partial charge < -0.3 is 4.74 Å². The van der Waals surface area contributed by atoms with Crippen molar-refractivity contribution in [3.8, 4) is 0 Å². The van der Waals surface area contributed by atoms with E-state index < -0.39 is 10.4 Å². The highest BCUT2D eigenvalue weighted by molar-refractivity contribution is 6.61. The molecule has 0 aliphatic rings. The van der Waals surface area contributed by atoms with E-state index in [-0.39, 0.29) is 22.9 Å². The fourth-order valence-corrected chi connectivity index (χ4v) is 1.33. The van der Waals surface area contributed by atoms with Crippen LogP contribution in [0.4, 0.5) is 10.5 Å². The Kier molecular flexibility index (Phi) is 3.88. The second kappa shape index (κ2) is 4.95. The quantitative estimate of drug-likeness (QED) is 0.469. The predicted molar refractivity (Wildman–Crippen MR) is 54.1 cm³/mol. The number of carbonyl (C=O) groups is 1. The summed E-state index contributed by atoms with van der Waals surface area (Å²) in [6, 6.07) is 4.34. The zero-order chi connectivity index (χ0) is 11.4. The Hall–Kier alpha value is -1.33. The molecule has 0 amide bonds. The molecule has 1 rings (SSSR count). The van der Waals surface area contributed by atoms with Crippen LogP contribution in [0.5, 0.6) is 0 Å². The molecule has 5 nitrogen and oxygen atoms in total. The van der Waals surface area contributed by atoms with Crippen LogP contribution in [-0.2, 0) is 11.3 Å². The van der Waals surface area contributed by atoms with E-state index in [9.17, 15) is 14.9 Å². The molecule has 0 aliphatic carbocycles. The molecule has 0 aromatic heterocycles. The molecule has 0 spiro atoms. The molecule has 0 fully saturated rings. The smallest absolute Gasteiger partial charge is 0.404 e. The van der Waals surface area contributed by atoms with Crippen LogP contribution in [0, 0.1) is 10.1 Å². The van der Waals surface area contributed by atoms with Crippen molar-refractivity contribution >= 4 is 34.3 Å². The third-order valence-electron chi connectivity index (χ3n) is 1.59. The minimum atomic E-state index is -1.02. The van der Waals surface area contributed by atoms with Crippen LogP contribution in [0.2, 0.25) is 5.02 Å². The van der Waals surface area contributed by atoms with Gasteiger partial charge in [0.1, 0.15) is 11.6 Å². The monoisotopic (exact) mass is 249 g/mol. The summed E-state index contributed by atoms with van der Waals surface area (Å²) in [5.74, 6) is 0. The zero-order valence-corrected chi connectivity index (χ0v) is 8.79. The fourth-order valence-electron chi connectivity index (χ4n) is 1.02. The summed E-state index contributed by atoms with van der Waals surface area (Å²) in [4.78, 5) is 20.3. The predicted octanol–water partition coefficient (Wildman–Crippen LogP) is 3.12. The van der Waals surface area contributed by atoms with Crippen LogP contribution in [0.3, 0.4) is 0 Å². The molecule has 0 saturated heterocycles. The summed E-state index contributed by atoms with van der Waals surface area (Å²) in [5.41, 5.74) is -1.11. The number of carbonyl (C=O) groups excluding carboxylic acids is 1. The standard InChI is InChI=1S/C8H5Cl2NO4/c9-6-3-1-2-5(4-15-8(10)12)7(6)11(13)14/h1-3H,4H2. The lowest BCUT2D eigenvalue weighted by molar-refractivity contribution is -0.385. The van der Waals surface area contributed by atoms with Crippen molar-refractivity contribution < 1.29 is 14.5 Å². The number of benzene rings is 1. The molecule has 1 aromatic rings. The van der Waals surface area contributed by atoms with Gasteiger partial charge in [0.05, 0.1) is 10.5 Å². The highest BCUT2D eigenvalue weighted by atomic mass is 35.5. The summed E-state index contributed by atoms with van der Waals surface area (Å²) in [6.45, 7) is -0.279. The van der Waals surface area contributed by atoms with Crippen LogP contribution in [-0.4, -0.2) is 10.4 Å². The van der Waals surface area contributed by atoms with Crippen molar-refractivity contribution in [3.05, 3.63) is 38.9 Å². The minimum Gasteiger partial charge on any atom is -0.449 e. The minimum absolute atomic E-state index is 0.0110. The second-order valence-corrected chi connectivity index (χ2v) is 3.25. The van der Waals surface area contributed by atoms with Crippen LogP contribution in [0.15, 0.2) is 18.2 Å². The summed E-state index contributed by atoms with van der Waals surface area (Å²) < 4.78 is 4.44. The van der Waals surface area contributed by atoms with Crippen LogP contribution >= 0.6 is 23.2 Å². The first-order valence-electron chi connectivity index (χ1n) is 3.76. The van der Waals surface area contributed by atoms with E-state index in [2.05, 4.69) is 4.74 Å². The zero-order valence-electron chi connectivity index (χ0n) is 7.28. The van der Waals surface area contributed by atoms with Gasteiger partial charge in [0, 0.05) is 11.6 Å². The van der Waals surface area contributed by atoms with Gasteiger partial charge in [-0.05, 0) is 12.1 Å². The molecule has 0 saturated carbocycles. The first kappa shape index (κ1) is 11.7. The third-order valence-corrected chi connectivity index (χ3v) is 2.01. The largest absolute Gasteiger partial charge is 0.449 e. The lowest BCUT2D eigenvalue weighted by Crippen LogP contribution is -2.00. The van der Waals surface area contributed by atoms with E-state index in [0.29, 0.717) is 0 Å². The summed E-state index contributed by atoms with van der Waals surface area (Å²) in [7, 11) is 0. The van der Waals surface area contributed by atoms with Crippen molar-refractivity contribution in [3.63, 3.8) is 0 Å². The molecular weight excluding hydrogens is 245 g/mol. The molecule has 15 heavy (non-hydrogen) atoms. The van der Waals surface area contributed by atoms with E-state index in [1.165, 1.54) is 18.2 Å². The number of hydrogen-bond acceptors (Lipinski definition) is 4. The first-order chi connectivity index (χ1) is 7.02. The van der Waals surface area contributed by atoms with Gasteiger partial charge in [0.15, 0.2) is 0 Å². The van der Waals surface area contributed by atoms with Gasteiger partial charge in [-0.15, -0.1) is 0 Å². The van der Waals surface area contributed by atoms with Crippen molar-refractivity contribution in [2.75, 3.05) is 0 Å². The third kappa shape index (κ3) is 3.07. The van der Waals surface area contributed by atoms with E-state index in [1.54, 1.807) is 0 Å². The van der Waals surface area contributed by atoms with Crippen molar-refractivity contribution in [2.24, 2.45) is 0 Å². The molecule has 0 unspecified atom stereocenters. The van der Waals surface area contributed by atoms with Crippen LogP contribution < -0.4 is 0 Å². The lowest BCUT2D eigenvalue weighted by atomic mass is 10.2. The molecule has 0 N–H and O–H groups in total. The van der Waals surface area contributed by atoms with Crippen LogP contribution in [0.1, 0.15) is 5.56 Å². The first-order valence-corrected chi connectivity index (χ1v) is 4.52. The molecule has 0 aliphatic heterocycles. The maximum Gasteiger partial charge on any atom is 0.404 e. The van der Waals surface area contributed by atoms with Gasteiger partial charge in [-0.2, -0.15) is 0 Å². The van der Waals surface area contributed by atoms with E-state index in [0.717, 1.165) is 0 Å². The van der Waals surface area contributed by atoms with Gasteiger partial charge >= 0.3 is 5.43 Å². The SMILES string of the molecule is O=C(Cl)OCc1cccc(Cl)c1[N+](=O)[O-]. The Balaban J connectivity index is 3.01. The average molecular weight is 250 g/mol. The maximum absolute atomic E-state index is 10.6. The molecule has 0 bridgehead atoms. The number of para-hydroxylation sites is 1. The molecule has 0 radical (unpaired) electrons.